The van der Waals surface area contributed by atoms with Gasteiger partial charge in [-0.15, -0.1) is 0 Å². The van der Waals surface area contributed by atoms with E-state index in [1.54, 1.807) is 12.1 Å². The van der Waals surface area contributed by atoms with Crippen LogP contribution in [0.15, 0.2) is 60.2 Å². The monoisotopic (exact) mass is 488 g/mol. The first-order valence-electron chi connectivity index (χ1n) is 11.6. The van der Waals surface area contributed by atoms with Crippen LogP contribution in [-0.4, -0.2) is 43.4 Å². The summed E-state index contributed by atoms with van der Waals surface area (Å²) in [6.07, 6.45) is 2.95. The van der Waals surface area contributed by atoms with E-state index < -0.39 is 24.5 Å². The third-order valence-electron chi connectivity index (χ3n) is 7.14. The van der Waals surface area contributed by atoms with Crippen LogP contribution in [0.5, 0.6) is 0 Å². The van der Waals surface area contributed by atoms with Crippen molar-refractivity contribution in [1.82, 2.24) is 0 Å². The molecule has 4 atom stereocenters. The number of carbonyl (C=O) groups is 5. The molecule has 1 saturated carbocycles. The van der Waals surface area contributed by atoms with E-state index in [0.29, 0.717) is 16.9 Å². The number of imide groups is 1. The smallest absolute Gasteiger partial charge is 0.338 e. The van der Waals surface area contributed by atoms with Gasteiger partial charge in [0.25, 0.3) is 5.91 Å². The molecule has 2 bridgehead atoms. The predicted octanol–water partition coefficient (Wildman–Crippen LogP) is 2.97. The number of rotatable bonds is 6. The molecule has 1 aliphatic heterocycles. The summed E-state index contributed by atoms with van der Waals surface area (Å²) in [4.78, 5) is 63.7. The normalized spacial score (nSPS) is 23.8. The maximum atomic E-state index is 13.2. The number of fused-ring (bicyclic) bond motifs is 5. The van der Waals surface area contributed by atoms with Gasteiger partial charge in [0, 0.05) is 5.69 Å². The van der Waals surface area contributed by atoms with Crippen molar-refractivity contribution in [2.45, 2.75) is 13.3 Å². The standard InChI is InChI=1S/C27H24N2O7/c1-14-10-17-12-20(14)23-22(17)24(31)29(25(23)32)19-5-3-4-16(11-19)27(34)36-13-21(30)28-18-8-6-15(7-9-18)26(33)35-2/h3-11,17,20,22-23H,12-13H2,1-2H3,(H,28,30)/t17-,20+,22+,23+/m0/s1. The third-order valence-corrected chi connectivity index (χ3v) is 7.14. The van der Waals surface area contributed by atoms with Gasteiger partial charge in [0.2, 0.25) is 11.8 Å². The van der Waals surface area contributed by atoms with E-state index in [-0.39, 0.29) is 41.0 Å². The number of esters is 2. The molecule has 2 aromatic carbocycles. The number of amides is 3. The molecule has 36 heavy (non-hydrogen) atoms. The summed E-state index contributed by atoms with van der Waals surface area (Å²) in [5.74, 6) is -2.78. The minimum Gasteiger partial charge on any atom is -0.465 e. The van der Waals surface area contributed by atoms with Crippen molar-refractivity contribution < 1.29 is 33.4 Å². The van der Waals surface area contributed by atoms with Crippen molar-refractivity contribution in [2.75, 3.05) is 23.9 Å². The number of benzene rings is 2. The molecule has 9 heteroatoms. The van der Waals surface area contributed by atoms with E-state index in [4.69, 9.17) is 4.74 Å². The van der Waals surface area contributed by atoms with Gasteiger partial charge in [-0.25, -0.2) is 14.5 Å². The molecule has 3 amide bonds. The number of nitrogens with zero attached hydrogens (tertiary/aromatic N) is 1. The Bertz CT molecular complexity index is 1310. The van der Waals surface area contributed by atoms with Crippen LogP contribution in [-0.2, 0) is 23.9 Å². The summed E-state index contributed by atoms with van der Waals surface area (Å²) in [7, 11) is 1.27. The summed E-state index contributed by atoms with van der Waals surface area (Å²) in [6, 6.07) is 12.2. The molecule has 1 saturated heterocycles. The molecule has 0 spiro atoms. The molecule has 3 aliphatic rings. The highest BCUT2D eigenvalue weighted by atomic mass is 16.5. The quantitative estimate of drug-likeness (QED) is 0.377. The van der Waals surface area contributed by atoms with Crippen molar-refractivity contribution in [3.05, 3.63) is 71.3 Å². The van der Waals surface area contributed by atoms with E-state index in [0.717, 1.165) is 6.42 Å². The second-order valence-corrected chi connectivity index (χ2v) is 9.22. The van der Waals surface area contributed by atoms with Gasteiger partial charge in [-0.05, 0) is 67.6 Å². The number of hydrogen-bond donors (Lipinski definition) is 1. The SMILES string of the molecule is COC(=O)c1ccc(NC(=O)COC(=O)c2cccc(N3C(=O)[C@H]4[C@H](C3=O)[C@H]3C=C(C)[C@H]4C3)c2)cc1. The van der Waals surface area contributed by atoms with Crippen LogP contribution in [0.3, 0.4) is 0 Å². The van der Waals surface area contributed by atoms with Gasteiger partial charge in [-0.3, -0.25) is 14.4 Å². The van der Waals surface area contributed by atoms with Gasteiger partial charge in [0.05, 0.1) is 35.8 Å². The first-order chi connectivity index (χ1) is 17.3. The molecule has 9 nitrogen and oxygen atoms in total. The van der Waals surface area contributed by atoms with E-state index in [2.05, 4.69) is 16.1 Å². The number of allylic oxidation sites excluding steroid dienone is 2. The Kier molecular flexibility index (Phi) is 5.91. The largest absolute Gasteiger partial charge is 0.465 e. The van der Waals surface area contributed by atoms with E-state index in [9.17, 15) is 24.0 Å². The van der Waals surface area contributed by atoms with E-state index in [1.807, 2.05) is 6.92 Å². The van der Waals surface area contributed by atoms with Gasteiger partial charge in [0.15, 0.2) is 6.61 Å². The Morgan fingerprint density at radius 2 is 1.69 bits per heavy atom. The third kappa shape index (κ3) is 3.96. The van der Waals surface area contributed by atoms with Crippen LogP contribution in [0.2, 0.25) is 0 Å². The second kappa shape index (κ2) is 9.07. The van der Waals surface area contributed by atoms with Crippen LogP contribution >= 0.6 is 0 Å². The second-order valence-electron chi connectivity index (χ2n) is 9.22. The van der Waals surface area contributed by atoms with Gasteiger partial charge in [-0.2, -0.15) is 0 Å². The Morgan fingerprint density at radius 1 is 0.972 bits per heavy atom. The average molecular weight is 488 g/mol. The lowest BCUT2D eigenvalue weighted by atomic mass is 9.82. The summed E-state index contributed by atoms with van der Waals surface area (Å²) >= 11 is 0. The molecule has 1 heterocycles. The fraction of sp³-hybridized carbons (Fsp3) is 0.296. The summed E-state index contributed by atoms with van der Waals surface area (Å²) in [6.45, 7) is 1.47. The highest BCUT2D eigenvalue weighted by Gasteiger charge is 2.60. The Balaban J connectivity index is 1.21. The van der Waals surface area contributed by atoms with Crippen molar-refractivity contribution in [2.24, 2.45) is 23.7 Å². The zero-order valence-corrected chi connectivity index (χ0v) is 19.7. The number of nitrogens with one attached hydrogen (secondary N) is 1. The van der Waals surface area contributed by atoms with E-state index >= 15 is 0 Å². The number of ether oxygens (including phenoxy) is 2. The zero-order valence-electron chi connectivity index (χ0n) is 19.7. The lowest BCUT2D eigenvalue weighted by Crippen LogP contribution is -2.33. The fourth-order valence-corrected chi connectivity index (χ4v) is 5.52. The lowest BCUT2D eigenvalue weighted by molar-refractivity contribution is -0.123. The first-order valence-corrected chi connectivity index (χ1v) is 11.6. The zero-order chi connectivity index (χ0) is 25.6. The van der Waals surface area contributed by atoms with Crippen molar-refractivity contribution in [3.8, 4) is 0 Å². The summed E-state index contributed by atoms with van der Waals surface area (Å²) in [5.41, 5.74) is 2.36. The van der Waals surface area contributed by atoms with Crippen LogP contribution < -0.4 is 10.2 Å². The summed E-state index contributed by atoms with van der Waals surface area (Å²) in [5, 5.41) is 2.57. The topological polar surface area (TPSA) is 119 Å². The Morgan fingerprint density at radius 3 is 2.42 bits per heavy atom. The minimum absolute atomic E-state index is 0.0878. The molecular weight excluding hydrogens is 464 g/mol. The highest BCUT2D eigenvalue weighted by molar-refractivity contribution is 6.23. The van der Waals surface area contributed by atoms with Crippen molar-refractivity contribution in [3.63, 3.8) is 0 Å². The summed E-state index contributed by atoms with van der Waals surface area (Å²) < 4.78 is 9.75. The van der Waals surface area contributed by atoms with Crippen LogP contribution in [0.25, 0.3) is 0 Å². The number of methoxy groups -OCH3 is 1. The molecule has 0 aromatic heterocycles. The van der Waals surface area contributed by atoms with Crippen LogP contribution in [0.1, 0.15) is 34.1 Å². The van der Waals surface area contributed by atoms with Gasteiger partial charge >= 0.3 is 11.9 Å². The molecule has 2 fully saturated rings. The Labute approximate surface area is 207 Å². The minimum atomic E-state index is -0.759. The molecule has 2 aliphatic carbocycles. The van der Waals surface area contributed by atoms with Crippen molar-refractivity contribution in [1.29, 1.82) is 0 Å². The lowest BCUT2D eigenvalue weighted by Gasteiger charge is -2.19. The highest BCUT2D eigenvalue weighted by Crippen LogP contribution is 2.55. The van der Waals surface area contributed by atoms with Crippen molar-refractivity contribution >= 4 is 41.0 Å². The molecular formula is C27H24N2O7. The number of carbonyl (C=O) groups excluding carboxylic acids is 5. The molecule has 1 N–H and O–H groups in total. The molecule has 184 valence electrons. The molecule has 2 aromatic rings. The maximum absolute atomic E-state index is 13.2. The van der Waals surface area contributed by atoms with Gasteiger partial charge < -0.3 is 14.8 Å². The molecule has 0 unspecified atom stereocenters. The number of anilines is 2. The first kappa shape index (κ1) is 23.5. The molecule has 0 radical (unpaired) electrons. The number of hydrogen-bond acceptors (Lipinski definition) is 7. The Hall–Kier alpha value is -4.27. The maximum Gasteiger partial charge on any atom is 0.338 e. The predicted molar refractivity (Wildman–Crippen MR) is 128 cm³/mol. The van der Waals surface area contributed by atoms with Gasteiger partial charge in [0.1, 0.15) is 0 Å². The van der Waals surface area contributed by atoms with Crippen LogP contribution in [0.4, 0.5) is 11.4 Å². The van der Waals surface area contributed by atoms with Crippen LogP contribution in [0, 0.1) is 23.7 Å². The fourth-order valence-electron chi connectivity index (χ4n) is 5.52. The average Bonchev–Trinajstić information content (AvgIpc) is 3.52. The molecule has 5 rings (SSSR count). The van der Waals surface area contributed by atoms with E-state index in [1.165, 1.54) is 54.0 Å². The van der Waals surface area contributed by atoms with Gasteiger partial charge in [-0.1, -0.05) is 17.7 Å².